The number of hydrogen-bond acceptors (Lipinski definition) is 6. The van der Waals surface area contributed by atoms with Crippen LogP contribution < -0.4 is 10.6 Å². The minimum absolute atomic E-state index is 0.196. The molecule has 0 bridgehead atoms. The molecule has 0 spiro atoms. The van der Waals surface area contributed by atoms with Crippen molar-refractivity contribution in [1.29, 1.82) is 0 Å². The molecule has 1 amide bonds. The number of benzene rings is 1. The van der Waals surface area contributed by atoms with Crippen LogP contribution in [0.2, 0.25) is 0 Å². The fourth-order valence-electron chi connectivity index (χ4n) is 3.01. The van der Waals surface area contributed by atoms with Crippen LogP contribution in [0.4, 0.5) is 16.4 Å². The third-order valence-corrected chi connectivity index (χ3v) is 4.23. The zero-order chi connectivity index (χ0) is 18.8. The highest BCUT2D eigenvalue weighted by molar-refractivity contribution is 5.70. The van der Waals surface area contributed by atoms with E-state index in [0.717, 1.165) is 28.1 Å². The van der Waals surface area contributed by atoms with Gasteiger partial charge in [-0.1, -0.05) is 6.07 Å². The van der Waals surface area contributed by atoms with E-state index in [4.69, 9.17) is 4.74 Å². The number of nitrogens with one attached hydrogen (secondary N) is 2. The number of aromatic nitrogens is 4. The third-order valence-electron chi connectivity index (χ3n) is 4.23. The molecule has 1 atom stereocenters. The first-order valence-electron chi connectivity index (χ1n) is 8.71. The van der Waals surface area contributed by atoms with Gasteiger partial charge in [-0.15, -0.1) is 0 Å². The number of carbonyl (C=O) groups is 1. The van der Waals surface area contributed by atoms with E-state index >= 15 is 0 Å². The maximum atomic E-state index is 11.1. The van der Waals surface area contributed by atoms with E-state index in [9.17, 15) is 4.79 Å². The normalized spacial score (nSPS) is 16.1. The summed E-state index contributed by atoms with van der Waals surface area (Å²) in [5, 5.41) is 10.3. The van der Waals surface area contributed by atoms with Gasteiger partial charge in [0, 0.05) is 29.3 Å². The highest BCUT2D eigenvalue weighted by Crippen LogP contribution is 2.26. The number of alkyl carbamates (subject to hydrolysis) is 1. The van der Waals surface area contributed by atoms with E-state index in [1.165, 1.54) is 0 Å². The van der Waals surface area contributed by atoms with Crippen molar-refractivity contribution in [3.8, 4) is 11.1 Å². The van der Waals surface area contributed by atoms with E-state index in [0.29, 0.717) is 19.0 Å². The second-order valence-electron chi connectivity index (χ2n) is 6.59. The summed E-state index contributed by atoms with van der Waals surface area (Å²) in [4.78, 5) is 19.8. The Balaban J connectivity index is 1.53. The highest BCUT2D eigenvalue weighted by Gasteiger charge is 2.23. The summed E-state index contributed by atoms with van der Waals surface area (Å²) in [6, 6.07) is 8.04. The van der Waals surface area contributed by atoms with Crippen molar-refractivity contribution in [3.05, 3.63) is 54.1 Å². The Labute approximate surface area is 156 Å². The zero-order valence-electron chi connectivity index (χ0n) is 15.1. The number of hydrogen-bond donors (Lipinski definition) is 2. The Morgan fingerprint density at radius 2 is 2.19 bits per heavy atom. The van der Waals surface area contributed by atoms with Gasteiger partial charge in [-0.3, -0.25) is 4.68 Å². The van der Waals surface area contributed by atoms with E-state index in [1.807, 2.05) is 44.4 Å². The molecular formula is C19H20N6O2. The van der Waals surface area contributed by atoms with Crippen LogP contribution in [0.1, 0.15) is 11.3 Å². The van der Waals surface area contributed by atoms with Crippen molar-refractivity contribution in [2.24, 2.45) is 0 Å². The Kier molecular flexibility index (Phi) is 4.45. The molecule has 4 rings (SSSR count). The SMILES string of the molecule is Cc1cc(Nc2nccc(C)n2)cc(-c2cnn(C[C@H]3CNC(=O)O3)c2)c1. The number of anilines is 2. The molecule has 0 unspecified atom stereocenters. The van der Waals surface area contributed by atoms with Gasteiger partial charge >= 0.3 is 6.09 Å². The lowest BCUT2D eigenvalue weighted by molar-refractivity contribution is 0.129. The van der Waals surface area contributed by atoms with Crippen LogP contribution in [0.3, 0.4) is 0 Å². The van der Waals surface area contributed by atoms with E-state index in [-0.39, 0.29) is 12.2 Å². The molecule has 27 heavy (non-hydrogen) atoms. The van der Waals surface area contributed by atoms with Gasteiger partial charge in [-0.25, -0.2) is 14.8 Å². The van der Waals surface area contributed by atoms with Crippen LogP contribution in [0.15, 0.2) is 42.9 Å². The van der Waals surface area contributed by atoms with E-state index in [1.54, 1.807) is 10.9 Å². The van der Waals surface area contributed by atoms with Crippen LogP contribution in [-0.4, -0.2) is 38.5 Å². The summed E-state index contributed by atoms with van der Waals surface area (Å²) in [5.41, 5.74) is 4.97. The summed E-state index contributed by atoms with van der Waals surface area (Å²) < 4.78 is 6.95. The molecule has 1 aromatic carbocycles. The van der Waals surface area contributed by atoms with Crippen LogP contribution in [0, 0.1) is 13.8 Å². The summed E-state index contributed by atoms with van der Waals surface area (Å²) in [6.45, 7) is 5.00. The van der Waals surface area contributed by atoms with E-state index < -0.39 is 0 Å². The molecule has 2 N–H and O–H groups in total. The Morgan fingerprint density at radius 1 is 1.30 bits per heavy atom. The van der Waals surface area contributed by atoms with Gasteiger partial charge in [0.1, 0.15) is 6.10 Å². The van der Waals surface area contributed by atoms with Crippen molar-refractivity contribution in [3.63, 3.8) is 0 Å². The van der Waals surface area contributed by atoms with Gasteiger partial charge in [-0.05, 0) is 43.2 Å². The fourth-order valence-corrected chi connectivity index (χ4v) is 3.01. The molecule has 3 heterocycles. The van der Waals surface area contributed by atoms with Crippen molar-refractivity contribution >= 4 is 17.7 Å². The van der Waals surface area contributed by atoms with Crippen molar-refractivity contribution in [2.75, 3.05) is 11.9 Å². The predicted molar refractivity (Wildman–Crippen MR) is 101 cm³/mol. The van der Waals surface area contributed by atoms with Crippen molar-refractivity contribution in [1.82, 2.24) is 25.1 Å². The lowest BCUT2D eigenvalue weighted by atomic mass is 10.1. The predicted octanol–water partition coefficient (Wildman–Crippen LogP) is 2.81. The minimum atomic E-state index is -0.375. The molecule has 1 fully saturated rings. The average Bonchev–Trinajstić information content (AvgIpc) is 3.24. The fraction of sp³-hybridized carbons (Fsp3) is 0.263. The molecule has 0 aliphatic carbocycles. The number of ether oxygens (including phenoxy) is 1. The Bertz CT molecular complexity index is 984. The molecule has 138 valence electrons. The number of aryl methyl sites for hydroxylation is 2. The summed E-state index contributed by atoms with van der Waals surface area (Å²) >= 11 is 0. The molecule has 0 radical (unpaired) electrons. The highest BCUT2D eigenvalue weighted by atomic mass is 16.6. The van der Waals surface area contributed by atoms with Gasteiger partial charge in [-0.2, -0.15) is 5.10 Å². The smallest absolute Gasteiger partial charge is 0.407 e. The van der Waals surface area contributed by atoms with Gasteiger partial charge < -0.3 is 15.4 Å². The molecule has 2 aromatic heterocycles. The monoisotopic (exact) mass is 364 g/mol. The summed E-state index contributed by atoms with van der Waals surface area (Å²) in [5.74, 6) is 0.567. The van der Waals surface area contributed by atoms with Crippen LogP contribution in [-0.2, 0) is 11.3 Å². The molecule has 0 saturated carbocycles. The number of amides is 1. The second kappa shape index (κ2) is 7.06. The Morgan fingerprint density at radius 3 is 2.96 bits per heavy atom. The first-order valence-corrected chi connectivity index (χ1v) is 8.71. The molecular weight excluding hydrogens is 344 g/mol. The van der Waals surface area contributed by atoms with Crippen molar-refractivity contribution < 1.29 is 9.53 Å². The molecule has 1 aliphatic rings. The first-order chi connectivity index (χ1) is 13.0. The zero-order valence-corrected chi connectivity index (χ0v) is 15.1. The summed E-state index contributed by atoms with van der Waals surface area (Å²) in [6.07, 6.45) is 4.93. The molecule has 1 saturated heterocycles. The lowest BCUT2D eigenvalue weighted by Gasteiger charge is -2.09. The topological polar surface area (TPSA) is 94.0 Å². The number of carbonyl (C=O) groups excluding carboxylic acids is 1. The maximum Gasteiger partial charge on any atom is 0.407 e. The number of nitrogens with zero attached hydrogens (tertiary/aromatic N) is 4. The van der Waals surface area contributed by atoms with Crippen LogP contribution in [0.25, 0.3) is 11.1 Å². The quantitative estimate of drug-likeness (QED) is 0.723. The van der Waals surface area contributed by atoms with Crippen LogP contribution in [0.5, 0.6) is 0 Å². The van der Waals surface area contributed by atoms with Gasteiger partial charge in [0.05, 0.1) is 19.3 Å². The molecule has 8 nitrogen and oxygen atoms in total. The van der Waals surface area contributed by atoms with Crippen LogP contribution >= 0.6 is 0 Å². The number of cyclic esters (lactones) is 1. The van der Waals surface area contributed by atoms with Crippen molar-refractivity contribution in [2.45, 2.75) is 26.5 Å². The molecule has 3 aromatic rings. The Hall–Kier alpha value is -3.42. The molecule has 1 aliphatic heterocycles. The third kappa shape index (κ3) is 4.05. The van der Waals surface area contributed by atoms with E-state index in [2.05, 4.69) is 31.8 Å². The standard InChI is InChI=1S/C19H20N6O2/c1-12-5-14(7-16(6-12)24-18-20-4-3-13(2)23-18)15-8-22-25(10-15)11-17-9-21-19(26)27-17/h3-8,10,17H,9,11H2,1-2H3,(H,21,26)(H,20,23,24)/t17-/m1/s1. The molecule has 8 heteroatoms. The summed E-state index contributed by atoms with van der Waals surface area (Å²) in [7, 11) is 0. The maximum absolute atomic E-state index is 11.1. The average molecular weight is 364 g/mol. The van der Waals surface area contributed by atoms with Gasteiger partial charge in [0.15, 0.2) is 0 Å². The van der Waals surface area contributed by atoms with Gasteiger partial charge in [0.25, 0.3) is 0 Å². The first kappa shape index (κ1) is 17.0. The second-order valence-corrected chi connectivity index (χ2v) is 6.59. The minimum Gasteiger partial charge on any atom is -0.442 e. The largest absolute Gasteiger partial charge is 0.442 e. The lowest BCUT2D eigenvalue weighted by Crippen LogP contribution is -2.20. The van der Waals surface area contributed by atoms with Gasteiger partial charge in [0.2, 0.25) is 5.95 Å². The number of rotatable bonds is 5.